The maximum Gasteiger partial charge on any atom is 0.168 e. The molecule has 49 heavy (non-hydrogen) atoms. The molecule has 0 spiro atoms. The third kappa shape index (κ3) is 7.46. The maximum absolute atomic E-state index is 14.7. The number of hydrogen-bond donors (Lipinski definition) is 0. The molecule has 2 fully saturated rings. The van der Waals surface area contributed by atoms with E-state index in [9.17, 15) is 17.6 Å². The first kappa shape index (κ1) is 33.5. The van der Waals surface area contributed by atoms with E-state index in [1.165, 1.54) is 72.3 Å². The number of thiophene rings is 2. The Morgan fingerprint density at radius 1 is 0.490 bits per heavy atom. The van der Waals surface area contributed by atoms with E-state index >= 15 is 0 Å². The molecule has 2 saturated carbocycles. The zero-order chi connectivity index (χ0) is 34.1. The molecule has 2 aliphatic carbocycles. The van der Waals surface area contributed by atoms with Crippen molar-refractivity contribution in [2.45, 2.75) is 64.7 Å². The molecular formula is C43H38F4S2. The smallest absolute Gasteiger partial charge is 0.168 e. The molecular weight excluding hydrogens is 657 g/mol. The average Bonchev–Trinajstić information content (AvgIpc) is 3.44. The molecule has 0 aliphatic heterocycles. The van der Waals surface area contributed by atoms with Gasteiger partial charge in [0.05, 0.1) is 0 Å². The van der Waals surface area contributed by atoms with Crippen LogP contribution in [0.1, 0.15) is 65.3 Å². The second-order valence-corrected chi connectivity index (χ2v) is 15.9. The van der Waals surface area contributed by atoms with Gasteiger partial charge in [-0.25, -0.2) is 17.6 Å². The molecule has 6 heteroatoms. The quantitative estimate of drug-likeness (QED) is 0.146. The number of aryl methyl sites for hydroxylation is 2. The molecule has 0 saturated heterocycles. The minimum absolute atomic E-state index is 0.322. The molecule has 2 aliphatic rings. The highest BCUT2D eigenvalue weighted by molar-refractivity contribution is 7.15. The van der Waals surface area contributed by atoms with Crippen LogP contribution in [0.25, 0.3) is 43.1 Å². The number of hydrogen-bond acceptors (Lipinski definition) is 2. The Hall–Kier alpha value is -4.00. The fraction of sp³-hybridized carbons (Fsp3) is 0.256. The van der Waals surface area contributed by atoms with E-state index in [1.807, 2.05) is 74.5 Å². The second kappa shape index (κ2) is 14.5. The van der Waals surface area contributed by atoms with Gasteiger partial charge in [-0.15, -0.1) is 22.7 Å². The molecule has 0 amide bonds. The summed E-state index contributed by atoms with van der Waals surface area (Å²) in [6.07, 6.45) is 8.75. The van der Waals surface area contributed by atoms with Gasteiger partial charge in [0.2, 0.25) is 0 Å². The summed E-state index contributed by atoms with van der Waals surface area (Å²) in [7, 11) is 0. The highest BCUT2D eigenvalue weighted by atomic mass is 32.1. The lowest BCUT2D eigenvalue weighted by Crippen LogP contribution is -1.95. The highest BCUT2D eigenvalue weighted by Crippen LogP contribution is 2.38. The van der Waals surface area contributed by atoms with E-state index < -0.39 is 23.3 Å². The van der Waals surface area contributed by atoms with Crippen molar-refractivity contribution in [3.63, 3.8) is 0 Å². The van der Waals surface area contributed by atoms with Gasteiger partial charge in [-0.1, -0.05) is 73.5 Å². The van der Waals surface area contributed by atoms with Crippen LogP contribution in [0.4, 0.5) is 17.6 Å². The Labute approximate surface area is 294 Å². The normalized spacial score (nSPS) is 14.6. The van der Waals surface area contributed by atoms with Crippen molar-refractivity contribution in [3.8, 4) is 43.1 Å². The molecule has 0 radical (unpaired) electrons. The first-order valence-electron chi connectivity index (χ1n) is 17.0. The molecule has 8 rings (SSSR count). The Balaban J connectivity index is 0.000000154. The van der Waals surface area contributed by atoms with Gasteiger partial charge in [-0.2, -0.15) is 0 Å². The lowest BCUT2D eigenvalue weighted by molar-refractivity contribution is 0.514. The van der Waals surface area contributed by atoms with Crippen LogP contribution in [0.5, 0.6) is 0 Å². The van der Waals surface area contributed by atoms with Gasteiger partial charge in [0.15, 0.2) is 23.3 Å². The zero-order valence-corrected chi connectivity index (χ0v) is 29.3. The van der Waals surface area contributed by atoms with E-state index in [2.05, 4.69) is 12.1 Å². The van der Waals surface area contributed by atoms with E-state index in [1.54, 1.807) is 24.3 Å². The second-order valence-electron chi connectivity index (χ2n) is 13.3. The fourth-order valence-electron chi connectivity index (χ4n) is 6.75. The van der Waals surface area contributed by atoms with Crippen molar-refractivity contribution in [3.05, 3.63) is 141 Å². The largest absolute Gasteiger partial charge is 0.203 e. The van der Waals surface area contributed by atoms with E-state index in [4.69, 9.17) is 0 Å². The predicted molar refractivity (Wildman–Crippen MR) is 197 cm³/mol. The average molecular weight is 695 g/mol. The van der Waals surface area contributed by atoms with Crippen LogP contribution in [0.3, 0.4) is 0 Å². The van der Waals surface area contributed by atoms with Crippen molar-refractivity contribution in [2.75, 3.05) is 0 Å². The summed E-state index contributed by atoms with van der Waals surface area (Å²) in [6, 6.07) is 30.1. The first-order valence-corrected chi connectivity index (χ1v) is 18.7. The monoisotopic (exact) mass is 694 g/mol. The first-order chi connectivity index (χ1) is 23.7. The standard InChI is InChI=1S/C22H20F2S.C21H18F2S/c1-14-6-13-20(25-14)19-12-11-18(21(23)22(19)24)17-9-7-16(8-10-17)15-4-2-3-5-15;1-13-2-11-19(24-13)18-10-9-17(20(22)21(18)23)16-7-5-15(6-8-16)12-14-3-4-14/h6-13,15H,2-5H2,1H3;2,5-11,14H,3-4,12H2,1H3. The van der Waals surface area contributed by atoms with Crippen LogP contribution < -0.4 is 0 Å². The van der Waals surface area contributed by atoms with Gasteiger partial charge in [-0.05, 0) is 116 Å². The Morgan fingerprint density at radius 3 is 1.35 bits per heavy atom. The van der Waals surface area contributed by atoms with Crippen molar-refractivity contribution < 1.29 is 17.6 Å². The van der Waals surface area contributed by atoms with Crippen molar-refractivity contribution in [1.82, 2.24) is 0 Å². The molecule has 4 aromatic carbocycles. The molecule has 2 aromatic heterocycles. The molecule has 0 unspecified atom stereocenters. The number of benzene rings is 4. The summed E-state index contributed by atoms with van der Waals surface area (Å²) in [4.78, 5) is 3.69. The zero-order valence-electron chi connectivity index (χ0n) is 27.7. The fourth-order valence-corrected chi connectivity index (χ4v) is 8.53. The van der Waals surface area contributed by atoms with Crippen molar-refractivity contribution in [1.29, 1.82) is 0 Å². The van der Waals surface area contributed by atoms with Crippen LogP contribution >= 0.6 is 22.7 Å². The topological polar surface area (TPSA) is 0 Å². The number of rotatable bonds is 7. The lowest BCUT2D eigenvalue weighted by atomic mass is 9.94. The Bertz CT molecular complexity index is 2060. The van der Waals surface area contributed by atoms with E-state index in [0.29, 0.717) is 28.2 Å². The van der Waals surface area contributed by atoms with E-state index in [0.717, 1.165) is 43.0 Å². The maximum atomic E-state index is 14.7. The van der Waals surface area contributed by atoms with Crippen LogP contribution in [0.15, 0.2) is 97.1 Å². The van der Waals surface area contributed by atoms with E-state index in [-0.39, 0.29) is 0 Å². The van der Waals surface area contributed by atoms with Gasteiger partial charge in [0, 0.05) is 41.8 Å². The summed E-state index contributed by atoms with van der Waals surface area (Å²) >= 11 is 2.95. The highest BCUT2D eigenvalue weighted by Gasteiger charge is 2.22. The summed E-state index contributed by atoms with van der Waals surface area (Å²) in [5, 5.41) is 0. The summed E-state index contributed by atoms with van der Waals surface area (Å²) in [5.74, 6) is -1.63. The van der Waals surface area contributed by atoms with Gasteiger partial charge in [0.25, 0.3) is 0 Å². The Morgan fingerprint density at radius 2 is 0.918 bits per heavy atom. The SMILES string of the molecule is Cc1ccc(-c2ccc(-c3ccc(C4CCCC4)cc3)c(F)c2F)s1.Cc1ccc(-c2ccc(-c3ccc(CC4CC4)cc3)c(F)c2F)s1. The third-order valence-electron chi connectivity index (χ3n) is 9.71. The van der Waals surface area contributed by atoms with Crippen LogP contribution in [0.2, 0.25) is 0 Å². The molecule has 250 valence electrons. The number of halogens is 4. The third-order valence-corrected chi connectivity index (χ3v) is 11.8. The molecule has 0 nitrogen and oxygen atoms in total. The minimum Gasteiger partial charge on any atom is -0.203 e. The minimum atomic E-state index is -0.770. The van der Waals surface area contributed by atoms with Crippen molar-refractivity contribution >= 4 is 22.7 Å². The summed E-state index contributed by atoms with van der Waals surface area (Å²) in [5.41, 5.74) is 5.35. The van der Waals surface area contributed by atoms with Crippen LogP contribution in [-0.4, -0.2) is 0 Å². The van der Waals surface area contributed by atoms with Crippen molar-refractivity contribution in [2.24, 2.45) is 5.92 Å². The Kier molecular flexibility index (Phi) is 9.89. The molecule has 2 heterocycles. The predicted octanol–water partition coefficient (Wildman–Crippen LogP) is 13.9. The lowest BCUT2D eigenvalue weighted by Gasteiger charge is -2.12. The van der Waals surface area contributed by atoms with Crippen LogP contribution in [-0.2, 0) is 6.42 Å². The van der Waals surface area contributed by atoms with Gasteiger partial charge < -0.3 is 0 Å². The molecule has 0 atom stereocenters. The van der Waals surface area contributed by atoms with Gasteiger partial charge in [-0.3, -0.25) is 0 Å². The molecule has 0 N–H and O–H groups in total. The van der Waals surface area contributed by atoms with Crippen LogP contribution in [0, 0.1) is 43.0 Å². The van der Waals surface area contributed by atoms with Gasteiger partial charge >= 0.3 is 0 Å². The van der Waals surface area contributed by atoms with Gasteiger partial charge in [0.1, 0.15) is 0 Å². The summed E-state index contributed by atoms with van der Waals surface area (Å²) in [6.45, 7) is 3.92. The molecule has 6 aromatic rings. The molecule has 0 bridgehead atoms. The summed E-state index contributed by atoms with van der Waals surface area (Å²) < 4.78 is 58.4.